The highest BCUT2D eigenvalue weighted by Gasteiger charge is 2.20. The molecule has 0 radical (unpaired) electrons. The molecule has 1 aromatic rings. The normalized spacial score (nSPS) is 17.1. The van der Waals surface area contributed by atoms with Gasteiger partial charge in [-0.2, -0.15) is 0 Å². The highest BCUT2D eigenvalue weighted by atomic mass is 35.5. The van der Waals surface area contributed by atoms with Crippen LogP contribution in [0.25, 0.3) is 0 Å². The van der Waals surface area contributed by atoms with E-state index in [4.69, 9.17) is 11.6 Å². The van der Waals surface area contributed by atoms with Gasteiger partial charge in [0.05, 0.1) is 11.9 Å². The summed E-state index contributed by atoms with van der Waals surface area (Å²) in [5, 5.41) is 3.32. The summed E-state index contributed by atoms with van der Waals surface area (Å²) in [6.07, 6.45) is 7.18. The molecule has 2 rings (SSSR count). The number of nitrogens with zero attached hydrogens (tertiary/aromatic N) is 1. The molecule has 4 heteroatoms. The number of carbonyl (C=O) groups excluding carboxylic acids is 1. The van der Waals surface area contributed by atoms with Gasteiger partial charge in [-0.3, -0.25) is 4.79 Å². The first-order valence-electron chi connectivity index (χ1n) is 5.68. The molecular weight excluding hydrogens is 224 g/mol. The Hall–Kier alpha value is -1.09. The third kappa shape index (κ3) is 2.95. The number of carbonyl (C=O) groups is 1. The summed E-state index contributed by atoms with van der Waals surface area (Å²) in [5.74, 6) is 0.285. The van der Waals surface area contributed by atoms with Gasteiger partial charge >= 0.3 is 0 Å². The standard InChI is InChI=1S/C12H15ClN2O/c13-11-7-6-10(8-14-11)15-12(16)9-4-2-1-3-5-9/h6-9H,1-5H2,(H,15,16). The Bertz CT molecular complexity index is 358. The van der Waals surface area contributed by atoms with Crippen molar-refractivity contribution in [1.29, 1.82) is 0 Å². The molecule has 86 valence electrons. The monoisotopic (exact) mass is 238 g/mol. The van der Waals surface area contributed by atoms with E-state index in [1.807, 2.05) is 0 Å². The lowest BCUT2D eigenvalue weighted by Gasteiger charge is -2.20. The molecule has 1 fully saturated rings. The molecule has 16 heavy (non-hydrogen) atoms. The number of anilines is 1. The van der Waals surface area contributed by atoms with Crippen molar-refractivity contribution in [3.05, 3.63) is 23.5 Å². The highest BCUT2D eigenvalue weighted by Crippen LogP contribution is 2.24. The highest BCUT2D eigenvalue weighted by molar-refractivity contribution is 6.29. The Labute approximate surface area is 100 Å². The van der Waals surface area contributed by atoms with Gasteiger partial charge < -0.3 is 5.32 Å². The minimum atomic E-state index is 0.115. The fourth-order valence-corrected chi connectivity index (χ4v) is 2.17. The van der Waals surface area contributed by atoms with Gasteiger partial charge in [-0.25, -0.2) is 4.98 Å². The van der Waals surface area contributed by atoms with Crippen molar-refractivity contribution in [2.45, 2.75) is 32.1 Å². The second kappa shape index (κ2) is 5.30. The van der Waals surface area contributed by atoms with E-state index in [0.29, 0.717) is 5.15 Å². The molecule has 3 nitrogen and oxygen atoms in total. The molecule has 1 aliphatic rings. The zero-order chi connectivity index (χ0) is 11.4. The Kier molecular flexibility index (Phi) is 3.78. The summed E-state index contributed by atoms with van der Waals surface area (Å²) >= 11 is 5.67. The summed E-state index contributed by atoms with van der Waals surface area (Å²) < 4.78 is 0. The Balaban J connectivity index is 1.93. The lowest BCUT2D eigenvalue weighted by molar-refractivity contribution is -0.120. The number of aromatic nitrogens is 1. The van der Waals surface area contributed by atoms with Crippen molar-refractivity contribution < 1.29 is 4.79 Å². The average Bonchev–Trinajstić information content (AvgIpc) is 2.33. The molecule has 0 spiro atoms. The third-order valence-electron chi connectivity index (χ3n) is 2.97. The van der Waals surface area contributed by atoms with E-state index in [1.54, 1.807) is 18.3 Å². The minimum Gasteiger partial charge on any atom is -0.324 e. The molecule has 0 saturated heterocycles. The van der Waals surface area contributed by atoms with Gasteiger partial charge in [-0.05, 0) is 25.0 Å². The van der Waals surface area contributed by atoms with Crippen LogP contribution in [-0.4, -0.2) is 10.9 Å². The van der Waals surface area contributed by atoms with E-state index in [9.17, 15) is 4.79 Å². The SMILES string of the molecule is O=C(Nc1ccc(Cl)nc1)C1CCCCC1. The second-order valence-corrected chi connectivity index (χ2v) is 4.58. The van der Waals surface area contributed by atoms with Crippen LogP contribution < -0.4 is 5.32 Å². The van der Waals surface area contributed by atoms with Crippen LogP contribution in [0.4, 0.5) is 5.69 Å². The average molecular weight is 239 g/mol. The summed E-state index contributed by atoms with van der Waals surface area (Å²) in [7, 11) is 0. The Morgan fingerprint density at radius 3 is 2.69 bits per heavy atom. The first kappa shape index (κ1) is 11.4. The predicted molar refractivity (Wildman–Crippen MR) is 64.5 cm³/mol. The Morgan fingerprint density at radius 2 is 2.06 bits per heavy atom. The first-order valence-corrected chi connectivity index (χ1v) is 6.06. The second-order valence-electron chi connectivity index (χ2n) is 4.19. The maximum atomic E-state index is 11.9. The first-order chi connectivity index (χ1) is 7.75. The van der Waals surface area contributed by atoms with Gasteiger partial charge in [0.15, 0.2) is 0 Å². The lowest BCUT2D eigenvalue weighted by atomic mass is 9.88. The molecule has 0 unspecified atom stereocenters. The molecule has 0 aliphatic heterocycles. The largest absolute Gasteiger partial charge is 0.324 e. The van der Waals surface area contributed by atoms with Crippen LogP contribution in [0, 0.1) is 5.92 Å². The zero-order valence-corrected chi connectivity index (χ0v) is 9.83. The maximum Gasteiger partial charge on any atom is 0.227 e. The van der Waals surface area contributed by atoms with Crippen molar-refractivity contribution in [3.8, 4) is 0 Å². The fourth-order valence-electron chi connectivity index (χ4n) is 2.06. The number of nitrogens with one attached hydrogen (secondary N) is 1. The van der Waals surface area contributed by atoms with E-state index >= 15 is 0 Å². The van der Waals surface area contributed by atoms with Crippen LogP contribution in [-0.2, 0) is 4.79 Å². The van der Waals surface area contributed by atoms with Gasteiger partial charge in [0, 0.05) is 5.92 Å². The van der Waals surface area contributed by atoms with Crippen LogP contribution in [0.2, 0.25) is 5.15 Å². The molecular formula is C12H15ClN2O. The third-order valence-corrected chi connectivity index (χ3v) is 3.19. The van der Waals surface area contributed by atoms with E-state index < -0.39 is 0 Å². The molecule has 1 saturated carbocycles. The van der Waals surface area contributed by atoms with Gasteiger partial charge in [0.25, 0.3) is 0 Å². The van der Waals surface area contributed by atoms with Crippen molar-refractivity contribution in [1.82, 2.24) is 4.98 Å². The summed E-state index contributed by atoms with van der Waals surface area (Å²) in [6, 6.07) is 3.45. The molecule has 1 aliphatic carbocycles. The van der Waals surface area contributed by atoms with E-state index in [1.165, 1.54) is 6.42 Å². The predicted octanol–water partition coefficient (Wildman–Crippen LogP) is 3.25. The fraction of sp³-hybridized carbons (Fsp3) is 0.500. The van der Waals surface area contributed by atoms with Crippen LogP contribution in [0.5, 0.6) is 0 Å². The molecule has 1 aromatic heterocycles. The number of hydrogen-bond donors (Lipinski definition) is 1. The lowest BCUT2D eigenvalue weighted by Crippen LogP contribution is -2.24. The number of pyridine rings is 1. The molecule has 1 amide bonds. The molecule has 0 bridgehead atoms. The smallest absolute Gasteiger partial charge is 0.227 e. The number of rotatable bonds is 2. The number of amides is 1. The summed E-state index contributed by atoms with van der Waals surface area (Å²) in [5.41, 5.74) is 0.722. The number of hydrogen-bond acceptors (Lipinski definition) is 2. The van der Waals surface area contributed by atoms with Gasteiger partial charge in [0.1, 0.15) is 5.15 Å². The van der Waals surface area contributed by atoms with Crippen molar-refractivity contribution in [3.63, 3.8) is 0 Å². The molecule has 0 atom stereocenters. The van der Waals surface area contributed by atoms with Crippen molar-refractivity contribution in [2.24, 2.45) is 5.92 Å². The van der Waals surface area contributed by atoms with Crippen LogP contribution in [0.15, 0.2) is 18.3 Å². The van der Waals surface area contributed by atoms with E-state index in [2.05, 4.69) is 10.3 Å². The van der Waals surface area contributed by atoms with Crippen molar-refractivity contribution >= 4 is 23.2 Å². The van der Waals surface area contributed by atoms with Crippen LogP contribution in [0.1, 0.15) is 32.1 Å². The summed E-state index contributed by atoms with van der Waals surface area (Å²) in [6.45, 7) is 0. The Morgan fingerprint density at radius 1 is 1.31 bits per heavy atom. The maximum absolute atomic E-state index is 11.9. The summed E-state index contributed by atoms with van der Waals surface area (Å²) in [4.78, 5) is 15.8. The van der Waals surface area contributed by atoms with Crippen LogP contribution >= 0.6 is 11.6 Å². The van der Waals surface area contributed by atoms with Crippen molar-refractivity contribution in [2.75, 3.05) is 5.32 Å². The minimum absolute atomic E-state index is 0.115. The van der Waals surface area contributed by atoms with E-state index in [0.717, 1.165) is 31.4 Å². The van der Waals surface area contributed by atoms with Crippen LogP contribution in [0.3, 0.4) is 0 Å². The molecule has 1 heterocycles. The van der Waals surface area contributed by atoms with E-state index in [-0.39, 0.29) is 11.8 Å². The van der Waals surface area contributed by atoms with Gasteiger partial charge in [0.2, 0.25) is 5.91 Å². The zero-order valence-electron chi connectivity index (χ0n) is 9.08. The topological polar surface area (TPSA) is 42.0 Å². The van der Waals surface area contributed by atoms with Gasteiger partial charge in [-0.15, -0.1) is 0 Å². The van der Waals surface area contributed by atoms with Gasteiger partial charge in [-0.1, -0.05) is 30.9 Å². The number of halogens is 1. The molecule has 0 aromatic carbocycles. The quantitative estimate of drug-likeness (QED) is 0.804. The molecule has 1 N–H and O–H groups in total.